The summed E-state index contributed by atoms with van der Waals surface area (Å²) < 4.78 is 2.17. The molecular formula is C19H26N2O. The van der Waals surface area contributed by atoms with E-state index in [0.717, 1.165) is 37.1 Å². The van der Waals surface area contributed by atoms with Crippen molar-refractivity contribution in [1.29, 1.82) is 0 Å². The molecule has 0 atom stereocenters. The number of hydrogen-bond acceptors (Lipinski definition) is 1. The number of benzene rings is 1. The molecule has 2 rings (SSSR count). The number of nitrogens with zero attached hydrogens (tertiary/aromatic N) is 1. The van der Waals surface area contributed by atoms with Crippen molar-refractivity contribution >= 4 is 5.91 Å². The predicted molar refractivity (Wildman–Crippen MR) is 91.2 cm³/mol. The number of aryl methyl sites for hydroxylation is 3. The molecule has 0 unspecified atom stereocenters. The summed E-state index contributed by atoms with van der Waals surface area (Å²) in [4.78, 5) is 12.2. The number of carbonyl (C=O) groups is 1. The van der Waals surface area contributed by atoms with Gasteiger partial charge in [0.05, 0.1) is 5.56 Å². The molecule has 2 aromatic rings. The summed E-state index contributed by atoms with van der Waals surface area (Å²) >= 11 is 0. The highest BCUT2D eigenvalue weighted by Crippen LogP contribution is 2.09. The maximum atomic E-state index is 12.2. The van der Waals surface area contributed by atoms with Gasteiger partial charge in [0.25, 0.3) is 5.91 Å². The maximum Gasteiger partial charge on any atom is 0.252 e. The molecule has 1 aromatic heterocycles. The van der Waals surface area contributed by atoms with Gasteiger partial charge >= 0.3 is 0 Å². The monoisotopic (exact) mass is 298 g/mol. The van der Waals surface area contributed by atoms with Crippen molar-refractivity contribution in [3.05, 3.63) is 59.4 Å². The fourth-order valence-electron chi connectivity index (χ4n) is 2.55. The van der Waals surface area contributed by atoms with E-state index < -0.39 is 0 Å². The molecule has 0 radical (unpaired) electrons. The zero-order chi connectivity index (χ0) is 15.8. The van der Waals surface area contributed by atoms with Gasteiger partial charge in [-0.25, -0.2) is 0 Å². The van der Waals surface area contributed by atoms with Crippen LogP contribution in [0.15, 0.2) is 42.6 Å². The summed E-state index contributed by atoms with van der Waals surface area (Å²) in [5.41, 5.74) is 3.24. The van der Waals surface area contributed by atoms with Crippen molar-refractivity contribution in [2.75, 3.05) is 6.54 Å². The van der Waals surface area contributed by atoms with Gasteiger partial charge in [0.1, 0.15) is 0 Å². The summed E-state index contributed by atoms with van der Waals surface area (Å²) in [7, 11) is 0. The van der Waals surface area contributed by atoms with Gasteiger partial charge in [-0.1, -0.05) is 43.7 Å². The van der Waals surface area contributed by atoms with Crippen molar-refractivity contribution in [3.8, 4) is 0 Å². The van der Waals surface area contributed by atoms with Crippen molar-refractivity contribution in [2.24, 2.45) is 0 Å². The first kappa shape index (κ1) is 16.3. The maximum absolute atomic E-state index is 12.2. The lowest BCUT2D eigenvalue weighted by Gasteiger charge is -2.05. The third-order valence-electron chi connectivity index (χ3n) is 3.90. The Morgan fingerprint density at radius 1 is 1.18 bits per heavy atom. The number of rotatable bonds is 8. The molecular weight excluding hydrogens is 272 g/mol. The standard InChI is InChI=1S/C19H26N2O/c1-3-4-13-21-15-18(14-16(21)2)19(22)20-12-8-11-17-9-6-5-7-10-17/h5-7,9-10,14-15H,3-4,8,11-13H2,1-2H3,(H,20,22). The lowest BCUT2D eigenvalue weighted by atomic mass is 10.1. The summed E-state index contributed by atoms with van der Waals surface area (Å²) in [6.45, 7) is 5.94. The minimum absolute atomic E-state index is 0.0337. The van der Waals surface area contributed by atoms with E-state index in [1.807, 2.05) is 18.3 Å². The van der Waals surface area contributed by atoms with Crippen LogP contribution in [0.2, 0.25) is 0 Å². The van der Waals surface area contributed by atoms with Gasteiger partial charge in [0.15, 0.2) is 0 Å². The molecule has 118 valence electrons. The molecule has 0 saturated carbocycles. The SMILES string of the molecule is CCCCn1cc(C(=O)NCCCc2ccccc2)cc1C. The van der Waals surface area contributed by atoms with Crippen LogP contribution < -0.4 is 5.32 Å². The molecule has 22 heavy (non-hydrogen) atoms. The molecule has 3 heteroatoms. The average Bonchev–Trinajstić information content (AvgIpc) is 2.91. The first-order valence-electron chi connectivity index (χ1n) is 8.19. The second kappa shape index (κ2) is 8.42. The van der Waals surface area contributed by atoms with Crippen LogP contribution in [0, 0.1) is 6.92 Å². The fraction of sp³-hybridized carbons (Fsp3) is 0.421. The molecule has 0 aliphatic rings. The van der Waals surface area contributed by atoms with Gasteiger partial charge in [-0.3, -0.25) is 4.79 Å². The van der Waals surface area contributed by atoms with E-state index in [4.69, 9.17) is 0 Å². The Hall–Kier alpha value is -2.03. The molecule has 1 amide bonds. The Labute approximate surface area is 133 Å². The largest absolute Gasteiger partial charge is 0.352 e. The number of aromatic nitrogens is 1. The number of hydrogen-bond donors (Lipinski definition) is 1. The average molecular weight is 298 g/mol. The molecule has 0 saturated heterocycles. The third-order valence-corrected chi connectivity index (χ3v) is 3.90. The van der Waals surface area contributed by atoms with Gasteiger partial charge in [-0.2, -0.15) is 0 Å². The van der Waals surface area contributed by atoms with Gasteiger partial charge in [-0.15, -0.1) is 0 Å². The zero-order valence-electron chi connectivity index (χ0n) is 13.6. The van der Waals surface area contributed by atoms with Crippen LogP contribution in [-0.4, -0.2) is 17.0 Å². The van der Waals surface area contributed by atoms with Crippen LogP contribution in [0.25, 0.3) is 0 Å². The predicted octanol–water partition coefficient (Wildman–Crippen LogP) is 3.96. The normalized spacial score (nSPS) is 10.6. The lowest BCUT2D eigenvalue weighted by molar-refractivity contribution is 0.0953. The molecule has 0 bridgehead atoms. The van der Waals surface area contributed by atoms with Gasteiger partial charge < -0.3 is 9.88 Å². The molecule has 0 fully saturated rings. The van der Waals surface area contributed by atoms with Crippen LogP contribution >= 0.6 is 0 Å². The second-order valence-corrected chi connectivity index (χ2v) is 5.76. The van der Waals surface area contributed by atoms with Crippen molar-refractivity contribution < 1.29 is 4.79 Å². The highest BCUT2D eigenvalue weighted by atomic mass is 16.1. The number of nitrogens with one attached hydrogen (secondary N) is 1. The number of carbonyl (C=O) groups excluding carboxylic acids is 1. The van der Waals surface area contributed by atoms with Crippen LogP contribution in [-0.2, 0) is 13.0 Å². The van der Waals surface area contributed by atoms with Crippen molar-refractivity contribution in [1.82, 2.24) is 9.88 Å². The van der Waals surface area contributed by atoms with Gasteiger partial charge in [0.2, 0.25) is 0 Å². The van der Waals surface area contributed by atoms with Crippen LogP contribution in [0.4, 0.5) is 0 Å². The molecule has 3 nitrogen and oxygen atoms in total. The number of unbranched alkanes of at least 4 members (excludes halogenated alkanes) is 1. The first-order chi connectivity index (χ1) is 10.7. The fourth-order valence-corrected chi connectivity index (χ4v) is 2.55. The minimum Gasteiger partial charge on any atom is -0.352 e. The van der Waals surface area contributed by atoms with E-state index >= 15 is 0 Å². The molecule has 1 heterocycles. The number of amides is 1. The quantitative estimate of drug-likeness (QED) is 0.735. The lowest BCUT2D eigenvalue weighted by Crippen LogP contribution is -2.24. The topological polar surface area (TPSA) is 34.0 Å². The Balaban J connectivity index is 1.77. The van der Waals surface area contributed by atoms with Gasteiger partial charge in [-0.05, 0) is 37.8 Å². The van der Waals surface area contributed by atoms with E-state index in [2.05, 4.69) is 48.0 Å². The molecule has 0 aliphatic heterocycles. The van der Waals surface area contributed by atoms with Crippen LogP contribution in [0.1, 0.15) is 47.8 Å². The second-order valence-electron chi connectivity index (χ2n) is 5.76. The van der Waals surface area contributed by atoms with Crippen LogP contribution in [0.3, 0.4) is 0 Å². The van der Waals surface area contributed by atoms with E-state index in [1.54, 1.807) is 0 Å². The van der Waals surface area contributed by atoms with E-state index in [0.29, 0.717) is 6.54 Å². The van der Waals surface area contributed by atoms with Crippen LogP contribution in [0.5, 0.6) is 0 Å². The van der Waals surface area contributed by atoms with E-state index in [1.165, 1.54) is 12.0 Å². The summed E-state index contributed by atoms with van der Waals surface area (Å²) in [6.07, 6.45) is 6.24. The Morgan fingerprint density at radius 2 is 1.95 bits per heavy atom. The Kier molecular flexibility index (Phi) is 6.26. The highest BCUT2D eigenvalue weighted by Gasteiger charge is 2.09. The first-order valence-corrected chi connectivity index (χ1v) is 8.19. The van der Waals surface area contributed by atoms with Crippen molar-refractivity contribution in [2.45, 2.75) is 46.1 Å². The molecule has 1 aromatic carbocycles. The van der Waals surface area contributed by atoms with Gasteiger partial charge in [0, 0.05) is 25.0 Å². The zero-order valence-corrected chi connectivity index (χ0v) is 13.6. The summed E-state index contributed by atoms with van der Waals surface area (Å²) in [5.74, 6) is 0.0337. The molecule has 0 aliphatic carbocycles. The highest BCUT2D eigenvalue weighted by molar-refractivity contribution is 5.94. The smallest absolute Gasteiger partial charge is 0.252 e. The molecule has 1 N–H and O–H groups in total. The summed E-state index contributed by atoms with van der Waals surface area (Å²) in [6, 6.07) is 12.3. The third kappa shape index (κ3) is 4.76. The van der Waals surface area contributed by atoms with Crippen molar-refractivity contribution in [3.63, 3.8) is 0 Å². The van der Waals surface area contributed by atoms with E-state index in [9.17, 15) is 4.79 Å². The molecule has 0 spiro atoms. The van der Waals surface area contributed by atoms with E-state index in [-0.39, 0.29) is 5.91 Å². The Morgan fingerprint density at radius 3 is 2.68 bits per heavy atom. The summed E-state index contributed by atoms with van der Waals surface area (Å²) in [5, 5.41) is 3.01. The Bertz CT molecular complexity index is 587. The minimum atomic E-state index is 0.0337.